The van der Waals surface area contributed by atoms with Crippen LogP contribution in [0.15, 0.2) is 29.8 Å². The van der Waals surface area contributed by atoms with Crippen molar-refractivity contribution in [3.05, 3.63) is 41.0 Å². The highest BCUT2D eigenvalue weighted by Crippen LogP contribution is 2.35. The van der Waals surface area contributed by atoms with Gasteiger partial charge in [-0.3, -0.25) is 0 Å². The zero-order valence-electron chi connectivity index (χ0n) is 12.1. The van der Waals surface area contributed by atoms with E-state index >= 15 is 0 Å². The van der Waals surface area contributed by atoms with Crippen LogP contribution >= 0.6 is 0 Å². The highest BCUT2D eigenvalue weighted by Gasteiger charge is 2.36. The molecule has 0 radical (unpaired) electrons. The molecule has 0 unspecified atom stereocenters. The van der Waals surface area contributed by atoms with Crippen molar-refractivity contribution < 1.29 is 18.9 Å². The first-order chi connectivity index (χ1) is 9.71. The molecule has 0 spiro atoms. The highest BCUT2D eigenvalue weighted by molar-refractivity contribution is 5.43. The first-order valence-corrected chi connectivity index (χ1v) is 6.85. The van der Waals surface area contributed by atoms with Crippen molar-refractivity contribution in [2.75, 3.05) is 20.8 Å². The van der Waals surface area contributed by atoms with E-state index in [2.05, 4.69) is 25.1 Å². The summed E-state index contributed by atoms with van der Waals surface area (Å²) >= 11 is 0. The second kappa shape index (κ2) is 5.56. The van der Waals surface area contributed by atoms with Crippen LogP contribution in [-0.4, -0.2) is 39.3 Å². The minimum absolute atomic E-state index is 0.0869. The van der Waals surface area contributed by atoms with Gasteiger partial charge in [-0.15, -0.1) is 0 Å². The molecule has 108 valence electrons. The van der Waals surface area contributed by atoms with E-state index in [0.29, 0.717) is 6.61 Å². The second-order valence-electron chi connectivity index (χ2n) is 5.31. The molecule has 0 saturated carbocycles. The quantitative estimate of drug-likeness (QED) is 0.793. The van der Waals surface area contributed by atoms with Gasteiger partial charge in [-0.25, -0.2) is 0 Å². The number of hydrogen-bond donors (Lipinski definition) is 0. The SMILES string of the molecule is COC[C@H]1O[C@@H]2Oc3ccc(C)cc3CC2=C[C@@H]1OC. The molecule has 0 aromatic heterocycles. The average molecular weight is 276 g/mol. The lowest BCUT2D eigenvalue weighted by Crippen LogP contribution is -2.45. The fourth-order valence-corrected chi connectivity index (χ4v) is 2.78. The van der Waals surface area contributed by atoms with Crippen molar-refractivity contribution in [3.63, 3.8) is 0 Å². The Kier molecular flexibility index (Phi) is 3.78. The number of methoxy groups -OCH3 is 2. The van der Waals surface area contributed by atoms with Crippen LogP contribution in [-0.2, 0) is 20.6 Å². The van der Waals surface area contributed by atoms with Crippen LogP contribution < -0.4 is 4.74 Å². The smallest absolute Gasteiger partial charge is 0.223 e. The van der Waals surface area contributed by atoms with Crippen LogP contribution in [0.5, 0.6) is 5.75 Å². The third-order valence-corrected chi connectivity index (χ3v) is 3.79. The van der Waals surface area contributed by atoms with Gasteiger partial charge >= 0.3 is 0 Å². The molecule has 0 fully saturated rings. The summed E-state index contributed by atoms with van der Waals surface area (Å²) in [4.78, 5) is 0. The molecule has 0 aliphatic carbocycles. The Labute approximate surface area is 119 Å². The molecule has 3 rings (SSSR count). The topological polar surface area (TPSA) is 36.9 Å². The van der Waals surface area contributed by atoms with Gasteiger partial charge in [-0.1, -0.05) is 17.7 Å². The van der Waals surface area contributed by atoms with Gasteiger partial charge < -0.3 is 18.9 Å². The molecular formula is C16H20O4. The van der Waals surface area contributed by atoms with E-state index in [-0.39, 0.29) is 18.5 Å². The predicted molar refractivity (Wildman–Crippen MR) is 74.9 cm³/mol. The molecule has 2 heterocycles. The Morgan fingerprint density at radius 2 is 2.15 bits per heavy atom. The summed E-state index contributed by atoms with van der Waals surface area (Å²) in [7, 11) is 3.35. The lowest BCUT2D eigenvalue weighted by atomic mass is 9.95. The monoisotopic (exact) mass is 276 g/mol. The summed E-state index contributed by atoms with van der Waals surface area (Å²) in [5, 5.41) is 0. The molecule has 4 heteroatoms. The number of ether oxygens (including phenoxy) is 4. The van der Waals surface area contributed by atoms with Gasteiger partial charge in [-0.2, -0.15) is 0 Å². The summed E-state index contributed by atoms with van der Waals surface area (Å²) < 4.78 is 22.6. The third kappa shape index (κ3) is 2.46. The van der Waals surface area contributed by atoms with E-state index in [1.807, 2.05) is 6.07 Å². The second-order valence-corrected chi connectivity index (χ2v) is 5.31. The molecule has 2 aliphatic rings. The lowest BCUT2D eigenvalue weighted by Gasteiger charge is -2.37. The molecule has 0 saturated heterocycles. The minimum atomic E-state index is -0.322. The number of benzene rings is 1. The van der Waals surface area contributed by atoms with Gasteiger partial charge in [0.15, 0.2) is 0 Å². The Bertz CT molecular complexity index is 523. The zero-order chi connectivity index (χ0) is 14.1. The average Bonchev–Trinajstić information content (AvgIpc) is 2.45. The van der Waals surface area contributed by atoms with Gasteiger partial charge in [0.05, 0.1) is 6.61 Å². The third-order valence-electron chi connectivity index (χ3n) is 3.79. The fourth-order valence-electron chi connectivity index (χ4n) is 2.78. The lowest BCUT2D eigenvalue weighted by molar-refractivity contribution is -0.162. The maximum absolute atomic E-state index is 5.98. The zero-order valence-corrected chi connectivity index (χ0v) is 12.1. The van der Waals surface area contributed by atoms with Crippen molar-refractivity contribution in [2.45, 2.75) is 31.8 Å². The van der Waals surface area contributed by atoms with Gasteiger partial charge in [0.1, 0.15) is 18.0 Å². The van der Waals surface area contributed by atoms with E-state index in [1.54, 1.807) is 14.2 Å². The molecule has 0 bridgehead atoms. The molecule has 1 aromatic rings. The van der Waals surface area contributed by atoms with Crippen LogP contribution in [0.1, 0.15) is 11.1 Å². The molecule has 0 amide bonds. The Morgan fingerprint density at radius 3 is 2.90 bits per heavy atom. The minimum Gasteiger partial charge on any atom is -0.461 e. The van der Waals surface area contributed by atoms with Crippen LogP contribution in [0.4, 0.5) is 0 Å². The predicted octanol–water partition coefficient (Wildman–Crippen LogP) is 2.24. The highest BCUT2D eigenvalue weighted by atomic mass is 16.7. The maximum Gasteiger partial charge on any atom is 0.223 e. The largest absolute Gasteiger partial charge is 0.461 e. The Balaban J connectivity index is 1.88. The van der Waals surface area contributed by atoms with E-state index in [4.69, 9.17) is 18.9 Å². The Morgan fingerprint density at radius 1 is 1.30 bits per heavy atom. The molecule has 0 N–H and O–H groups in total. The first kappa shape index (κ1) is 13.6. The molecule has 2 aliphatic heterocycles. The normalized spacial score (nSPS) is 28.1. The van der Waals surface area contributed by atoms with E-state index < -0.39 is 0 Å². The van der Waals surface area contributed by atoms with Crippen LogP contribution in [0.2, 0.25) is 0 Å². The van der Waals surface area contributed by atoms with Crippen molar-refractivity contribution in [1.29, 1.82) is 0 Å². The number of aryl methyl sites for hydroxylation is 1. The molecule has 4 nitrogen and oxygen atoms in total. The van der Waals surface area contributed by atoms with Crippen LogP contribution in [0.3, 0.4) is 0 Å². The molecule has 20 heavy (non-hydrogen) atoms. The van der Waals surface area contributed by atoms with Crippen LogP contribution in [0, 0.1) is 6.92 Å². The van der Waals surface area contributed by atoms with Gasteiger partial charge in [0, 0.05) is 26.2 Å². The summed E-state index contributed by atoms with van der Waals surface area (Å²) in [6.07, 6.45) is 2.42. The Hall–Kier alpha value is -1.36. The van der Waals surface area contributed by atoms with Crippen molar-refractivity contribution in [2.24, 2.45) is 0 Å². The van der Waals surface area contributed by atoms with Gasteiger partial charge in [0.2, 0.25) is 6.29 Å². The number of hydrogen-bond acceptors (Lipinski definition) is 4. The summed E-state index contributed by atoms with van der Waals surface area (Å²) in [6, 6.07) is 6.23. The number of fused-ring (bicyclic) bond motifs is 2. The van der Waals surface area contributed by atoms with E-state index in [9.17, 15) is 0 Å². The van der Waals surface area contributed by atoms with Crippen molar-refractivity contribution >= 4 is 0 Å². The standard InChI is InChI=1S/C16H20O4/c1-10-4-5-13-11(6-10)7-12-8-14(18-3)15(9-17-2)20-16(12)19-13/h4-6,8,14-16H,7,9H2,1-3H3/t14-,15+,16-/m0/s1. The summed E-state index contributed by atoms with van der Waals surface area (Å²) in [5.41, 5.74) is 3.57. The fraction of sp³-hybridized carbons (Fsp3) is 0.500. The van der Waals surface area contributed by atoms with E-state index in [1.165, 1.54) is 11.1 Å². The van der Waals surface area contributed by atoms with Gasteiger partial charge in [-0.05, 0) is 24.6 Å². The summed E-state index contributed by atoms with van der Waals surface area (Å²) in [5.74, 6) is 0.907. The van der Waals surface area contributed by atoms with Crippen LogP contribution in [0.25, 0.3) is 0 Å². The molecular weight excluding hydrogens is 256 g/mol. The van der Waals surface area contributed by atoms with E-state index in [0.717, 1.165) is 17.7 Å². The molecule has 3 atom stereocenters. The maximum atomic E-state index is 5.98. The molecule has 1 aromatic carbocycles. The van der Waals surface area contributed by atoms with Gasteiger partial charge in [0.25, 0.3) is 0 Å². The summed E-state index contributed by atoms with van der Waals surface area (Å²) in [6.45, 7) is 2.58. The van der Waals surface area contributed by atoms with Crippen molar-refractivity contribution in [1.82, 2.24) is 0 Å². The number of rotatable bonds is 3. The van der Waals surface area contributed by atoms with Crippen molar-refractivity contribution in [3.8, 4) is 5.75 Å². The first-order valence-electron chi connectivity index (χ1n) is 6.85.